The van der Waals surface area contributed by atoms with Crippen LogP contribution in [0.1, 0.15) is 0 Å². The average molecular weight is 434 g/mol. The van der Waals surface area contributed by atoms with Gasteiger partial charge in [-0.25, -0.2) is 12.8 Å². The Labute approximate surface area is 174 Å². The summed E-state index contributed by atoms with van der Waals surface area (Å²) >= 11 is 0. The highest BCUT2D eigenvalue weighted by Gasteiger charge is 2.34. The molecular formula is C20H23FN4O4S. The summed E-state index contributed by atoms with van der Waals surface area (Å²) in [7, 11) is -3.91. The van der Waals surface area contributed by atoms with Gasteiger partial charge < -0.3 is 25.0 Å². The molecule has 1 fully saturated rings. The number of sulfonamides is 1. The molecule has 0 aliphatic carbocycles. The number of hydrogen-bond donors (Lipinski definition) is 2. The molecule has 30 heavy (non-hydrogen) atoms. The minimum Gasteiger partial charge on any atom is -0.490 e. The molecule has 0 bridgehead atoms. The smallest absolute Gasteiger partial charge is 0.264 e. The number of nitrogens with one attached hydrogen (secondary N) is 2. The van der Waals surface area contributed by atoms with Gasteiger partial charge in [-0.15, -0.1) is 0 Å². The Morgan fingerprint density at radius 2 is 1.73 bits per heavy atom. The predicted octanol–water partition coefficient (Wildman–Crippen LogP) is 1.63. The standard InChI is InChI=1S/C20H23FN4O4S/c21-14-11-17(24-6-3-22-4-7-24)20-18(12-14)25(8-10-29-20)30(26,27)15-1-2-19-16(13-15)23-5-9-28-19/h1-2,11-13,22-23H,3-10H2. The van der Waals surface area contributed by atoms with Gasteiger partial charge in [-0.3, -0.25) is 4.31 Å². The Balaban J connectivity index is 1.56. The molecule has 3 aliphatic heterocycles. The summed E-state index contributed by atoms with van der Waals surface area (Å²) in [6.45, 7) is 4.39. The number of piperazine rings is 1. The maximum Gasteiger partial charge on any atom is 0.264 e. The molecule has 5 rings (SSSR count). The van der Waals surface area contributed by atoms with Crippen LogP contribution in [0.4, 0.5) is 21.5 Å². The molecule has 0 saturated carbocycles. The molecule has 1 saturated heterocycles. The van der Waals surface area contributed by atoms with Crippen molar-refractivity contribution in [2.45, 2.75) is 4.90 Å². The molecule has 0 amide bonds. The fraction of sp³-hybridized carbons (Fsp3) is 0.400. The first-order chi connectivity index (χ1) is 14.5. The van der Waals surface area contributed by atoms with Crippen LogP contribution in [-0.2, 0) is 10.0 Å². The van der Waals surface area contributed by atoms with Crippen LogP contribution in [0.5, 0.6) is 11.5 Å². The van der Waals surface area contributed by atoms with Crippen molar-refractivity contribution in [1.82, 2.24) is 5.32 Å². The number of hydrogen-bond acceptors (Lipinski definition) is 7. The van der Waals surface area contributed by atoms with Crippen LogP contribution in [0, 0.1) is 5.82 Å². The van der Waals surface area contributed by atoms with Gasteiger partial charge in [-0.2, -0.15) is 0 Å². The summed E-state index contributed by atoms with van der Waals surface area (Å²) in [5.41, 5.74) is 1.46. The normalized spacial score (nSPS) is 18.6. The Morgan fingerprint density at radius 3 is 2.57 bits per heavy atom. The zero-order chi connectivity index (χ0) is 20.7. The van der Waals surface area contributed by atoms with Gasteiger partial charge in [0, 0.05) is 44.9 Å². The third-order valence-electron chi connectivity index (χ3n) is 5.50. The molecule has 2 aromatic carbocycles. The fourth-order valence-corrected chi connectivity index (χ4v) is 5.52. The maximum atomic E-state index is 14.6. The average Bonchev–Trinajstić information content (AvgIpc) is 2.78. The van der Waals surface area contributed by atoms with Crippen LogP contribution >= 0.6 is 0 Å². The van der Waals surface area contributed by atoms with Crippen molar-refractivity contribution in [3.63, 3.8) is 0 Å². The fourth-order valence-electron chi connectivity index (χ4n) is 4.05. The highest BCUT2D eigenvalue weighted by atomic mass is 32.2. The monoisotopic (exact) mass is 434 g/mol. The number of halogens is 1. The third kappa shape index (κ3) is 3.29. The highest BCUT2D eigenvalue weighted by molar-refractivity contribution is 7.92. The summed E-state index contributed by atoms with van der Waals surface area (Å²) in [5, 5.41) is 6.41. The largest absolute Gasteiger partial charge is 0.490 e. The molecule has 2 aromatic rings. The predicted molar refractivity (Wildman–Crippen MR) is 112 cm³/mol. The molecule has 0 radical (unpaired) electrons. The molecule has 10 heteroatoms. The van der Waals surface area contributed by atoms with E-state index in [2.05, 4.69) is 10.6 Å². The lowest BCUT2D eigenvalue weighted by atomic mass is 10.2. The van der Waals surface area contributed by atoms with E-state index < -0.39 is 15.8 Å². The van der Waals surface area contributed by atoms with Crippen molar-refractivity contribution < 1.29 is 22.3 Å². The Hall–Kier alpha value is -2.72. The van der Waals surface area contributed by atoms with E-state index in [0.717, 1.165) is 13.1 Å². The molecule has 0 atom stereocenters. The first-order valence-electron chi connectivity index (χ1n) is 9.99. The first-order valence-corrected chi connectivity index (χ1v) is 11.4. The first kappa shape index (κ1) is 19.3. The van der Waals surface area contributed by atoms with Gasteiger partial charge >= 0.3 is 0 Å². The van der Waals surface area contributed by atoms with E-state index in [4.69, 9.17) is 9.47 Å². The van der Waals surface area contributed by atoms with E-state index in [1.165, 1.54) is 22.5 Å². The van der Waals surface area contributed by atoms with E-state index in [9.17, 15) is 12.8 Å². The summed E-state index contributed by atoms with van der Waals surface area (Å²) in [6, 6.07) is 7.38. The van der Waals surface area contributed by atoms with Gasteiger partial charge in [0.1, 0.15) is 24.8 Å². The van der Waals surface area contributed by atoms with Crippen molar-refractivity contribution in [3.05, 3.63) is 36.1 Å². The van der Waals surface area contributed by atoms with Crippen LogP contribution in [0.3, 0.4) is 0 Å². The van der Waals surface area contributed by atoms with Crippen LogP contribution < -0.4 is 29.3 Å². The van der Waals surface area contributed by atoms with Crippen LogP contribution in [0.25, 0.3) is 0 Å². The van der Waals surface area contributed by atoms with Gasteiger partial charge in [0.15, 0.2) is 5.75 Å². The second kappa shape index (κ2) is 7.51. The SMILES string of the molecule is O=S(=O)(c1ccc2c(c1)NCCO2)N1CCOc2c(N3CCNCC3)cc(F)cc21. The van der Waals surface area contributed by atoms with Gasteiger partial charge in [0.25, 0.3) is 10.0 Å². The van der Waals surface area contributed by atoms with E-state index in [1.54, 1.807) is 12.1 Å². The molecule has 0 unspecified atom stereocenters. The molecule has 8 nitrogen and oxygen atoms in total. The molecule has 2 N–H and O–H groups in total. The van der Waals surface area contributed by atoms with Crippen molar-refractivity contribution in [2.24, 2.45) is 0 Å². The van der Waals surface area contributed by atoms with Crippen molar-refractivity contribution in [1.29, 1.82) is 0 Å². The number of nitrogens with zero attached hydrogens (tertiary/aromatic N) is 2. The van der Waals surface area contributed by atoms with Gasteiger partial charge in [0.05, 0.1) is 28.5 Å². The van der Waals surface area contributed by atoms with Gasteiger partial charge in [-0.1, -0.05) is 0 Å². The molecule has 3 aliphatic rings. The van der Waals surface area contributed by atoms with E-state index >= 15 is 0 Å². The quantitative estimate of drug-likeness (QED) is 0.760. The van der Waals surface area contributed by atoms with Crippen LogP contribution in [0.15, 0.2) is 35.2 Å². The Bertz CT molecular complexity index is 1070. The summed E-state index contributed by atoms with van der Waals surface area (Å²) in [6.07, 6.45) is 0. The van der Waals surface area contributed by atoms with Crippen molar-refractivity contribution >= 4 is 27.1 Å². The Kier molecular flexibility index (Phi) is 4.82. The summed E-state index contributed by atoms with van der Waals surface area (Å²) in [4.78, 5) is 2.15. The van der Waals surface area contributed by atoms with Crippen LogP contribution in [0.2, 0.25) is 0 Å². The molecular weight excluding hydrogens is 411 g/mol. The zero-order valence-electron chi connectivity index (χ0n) is 16.4. The lowest BCUT2D eigenvalue weighted by Crippen LogP contribution is -2.44. The number of anilines is 3. The van der Waals surface area contributed by atoms with Crippen molar-refractivity contribution in [2.75, 3.05) is 67.0 Å². The molecule has 3 heterocycles. The van der Waals surface area contributed by atoms with E-state index in [1.807, 2.05) is 4.90 Å². The number of rotatable bonds is 3. The topological polar surface area (TPSA) is 83.1 Å². The number of fused-ring (bicyclic) bond motifs is 2. The number of benzene rings is 2. The number of ether oxygens (including phenoxy) is 2. The molecule has 0 aromatic heterocycles. The zero-order valence-corrected chi connectivity index (χ0v) is 17.2. The third-order valence-corrected chi connectivity index (χ3v) is 7.30. The van der Waals surface area contributed by atoms with E-state index in [0.29, 0.717) is 49.1 Å². The second-order valence-corrected chi connectivity index (χ2v) is 9.23. The van der Waals surface area contributed by atoms with E-state index in [-0.39, 0.29) is 23.7 Å². The van der Waals surface area contributed by atoms with Crippen molar-refractivity contribution in [3.8, 4) is 11.5 Å². The minimum atomic E-state index is -3.91. The molecule has 160 valence electrons. The summed E-state index contributed by atoms with van der Waals surface area (Å²) < 4.78 is 54.2. The van der Waals surface area contributed by atoms with Crippen LogP contribution in [-0.4, -0.2) is 60.9 Å². The Morgan fingerprint density at radius 1 is 0.933 bits per heavy atom. The molecule has 0 spiro atoms. The summed E-state index contributed by atoms with van der Waals surface area (Å²) in [5.74, 6) is 0.538. The minimum absolute atomic E-state index is 0.112. The highest BCUT2D eigenvalue weighted by Crippen LogP contribution is 2.44. The lowest BCUT2D eigenvalue weighted by Gasteiger charge is -2.36. The lowest BCUT2D eigenvalue weighted by molar-refractivity contribution is 0.315. The second-order valence-electron chi connectivity index (χ2n) is 7.37. The maximum absolute atomic E-state index is 14.6. The van der Waals surface area contributed by atoms with Gasteiger partial charge in [0.2, 0.25) is 0 Å². The van der Waals surface area contributed by atoms with Gasteiger partial charge in [-0.05, 0) is 18.2 Å².